The van der Waals surface area contributed by atoms with Gasteiger partial charge in [-0.25, -0.2) is 13.6 Å². The van der Waals surface area contributed by atoms with Crippen molar-refractivity contribution in [1.29, 1.82) is 0 Å². The maximum Gasteiger partial charge on any atom is 0.405 e. The number of nitrogens with zero attached hydrogens (tertiary/aromatic N) is 2. The molecule has 0 aliphatic carbocycles. The van der Waals surface area contributed by atoms with Crippen molar-refractivity contribution in [1.82, 2.24) is 15.1 Å². The smallest absolute Gasteiger partial charge is 0.405 e. The summed E-state index contributed by atoms with van der Waals surface area (Å²) in [6, 6.07) is 5.67. The van der Waals surface area contributed by atoms with Crippen molar-refractivity contribution >= 4 is 28.6 Å². The molecule has 0 radical (unpaired) electrons. The maximum absolute atomic E-state index is 14.5. The zero-order valence-corrected chi connectivity index (χ0v) is 17.0. The number of benzene rings is 2. The van der Waals surface area contributed by atoms with Gasteiger partial charge in [0.2, 0.25) is 0 Å². The van der Waals surface area contributed by atoms with Crippen molar-refractivity contribution in [3.05, 3.63) is 59.3 Å². The van der Waals surface area contributed by atoms with Gasteiger partial charge in [-0.05, 0) is 35.2 Å². The van der Waals surface area contributed by atoms with E-state index in [1.54, 1.807) is 56.9 Å². The Morgan fingerprint density at radius 2 is 1.77 bits per heavy atom. The summed E-state index contributed by atoms with van der Waals surface area (Å²) < 4.78 is 30.6. The molecule has 0 fully saturated rings. The lowest BCUT2D eigenvalue weighted by atomic mass is 9.86. The van der Waals surface area contributed by atoms with Crippen LogP contribution in [-0.4, -0.2) is 26.9 Å². The number of hydrogen-bond acceptors (Lipinski definition) is 3. The summed E-state index contributed by atoms with van der Waals surface area (Å²) in [5.41, 5.74) is 0.201. The molecule has 3 rings (SSSR count). The molecule has 0 unspecified atom stereocenters. The van der Waals surface area contributed by atoms with Crippen LogP contribution >= 0.6 is 0 Å². The quantitative estimate of drug-likeness (QED) is 0.597. The van der Waals surface area contributed by atoms with E-state index in [2.05, 4.69) is 15.7 Å². The van der Waals surface area contributed by atoms with Crippen LogP contribution in [0.25, 0.3) is 10.9 Å². The van der Waals surface area contributed by atoms with Crippen LogP contribution < -0.4 is 10.6 Å². The Labute approximate surface area is 171 Å². The monoisotopic (exact) mass is 416 g/mol. The van der Waals surface area contributed by atoms with Crippen LogP contribution in [0, 0.1) is 11.6 Å². The highest BCUT2D eigenvalue weighted by Crippen LogP contribution is 2.30. The lowest BCUT2D eigenvalue weighted by Crippen LogP contribution is -2.36. The second kappa shape index (κ2) is 7.74. The average Bonchev–Trinajstić information content (AvgIpc) is 2.98. The molecule has 2 aromatic carbocycles. The van der Waals surface area contributed by atoms with Gasteiger partial charge in [-0.3, -0.25) is 9.48 Å². The van der Waals surface area contributed by atoms with Gasteiger partial charge in [0.15, 0.2) is 0 Å². The molecule has 3 aromatic rings. The third kappa shape index (κ3) is 4.24. The van der Waals surface area contributed by atoms with Crippen LogP contribution in [0.2, 0.25) is 0 Å². The molecule has 0 bridgehead atoms. The van der Waals surface area contributed by atoms with E-state index < -0.39 is 35.1 Å². The largest absolute Gasteiger partial charge is 0.465 e. The van der Waals surface area contributed by atoms with Crippen molar-refractivity contribution in [2.24, 2.45) is 7.05 Å². The summed E-state index contributed by atoms with van der Waals surface area (Å²) in [7, 11) is 1.76. The molecule has 0 saturated carbocycles. The highest BCUT2D eigenvalue weighted by Gasteiger charge is 2.26. The van der Waals surface area contributed by atoms with E-state index in [0.717, 1.165) is 17.6 Å². The fraction of sp³-hybridized carbons (Fsp3) is 0.286. The molecule has 2 amide bonds. The number of hydrogen-bond donors (Lipinski definition) is 3. The molecule has 1 heterocycles. The van der Waals surface area contributed by atoms with Crippen molar-refractivity contribution < 1.29 is 23.5 Å². The summed E-state index contributed by atoms with van der Waals surface area (Å²) in [4.78, 5) is 24.0. The minimum absolute atomic E-state index is 0.0947. The fourth-order valence-corrected chi connectivity index (χ4v) is 3.36. The second-order valence-corrected chi connectivity index (χ2v) is 8.02. The zero-order valence-electron chi connectivity index (χ0n) is 17.0. The van der Waals surface area contributed by atoms with E-state index in [0.29, 0.717) is 10.9 Å². The molecule has 0 aliphatic heterocycles. The van der Waals surface area contributed by atoms with Crippen LogP contribution in [-0.2, 0) is 17.3 Å². The lowest BCUT2D eigenvalue weighted by Gasteiger charge is -2.22. The number of amides is 2. The molecule has 9 heteroatoms. The van der Waals surface area contributed by atoms with Gasteiger partial charge in [0.1, 0.15) is 17.7 Å². The summed E-state index contributed by atoms with van der Waals surface area (Å²) >= 11 is 0. The van der Waals surface area contributed by atoms with E-state index in [-0.39, 0.29) is 11.3 Å². The molecule has 0 spiro atoms. The van der Waals surface area contributed by atoms with E-state index in [4.69, 9.17) is 5.11 Å². The number of fused-ring (bicyclic) bond motifs is 1. The van der Waals surface area contributed by atoms with Gasteiger partial charge in [-0.2, -0.15) is 5.10 Å². The summed E-state index contributed by atoms with van der Waals surface area (Å²) in [5, 5.41) is 18.5. The van der Waals surface area contributed by atoms with E-state index in [9.17, 15) is 18.4 Å². The van der Waals surface area contributed by atoms with Crippen LogP contribution in [0.5, 0.6) is 0 Å². The topological polar surface area (TPSA) is 96.2 Å². The molecule has 158 valence electrons. The van der Waals surface area contributed by atoms with Crippen molar-refractivity contribution in [3.63, 3.8) is 0 Å². The van der Waals surface area contributed by atoms with Gasteiger partial charge in [-0.1, -0.05) is 26.8 Å². The lowest BCUT2D eigenvalue weighted by molar-refractivity contribution is -0.118. The normalized spacial score (nSPS) is 12.6. The van der Waals surface area contributed by atoms with Gasteiger partial charge in [-0.15, -0.1) is 0 Å². The molecule has 1 aromatic heterocycles. The van der Waals surface area contributed by atoms with Crippen molar-refractivity contribution in [3.8, 4) is 0 Å². The SMILES string of the molecule is Cn1ncc2cc([C@@H](NC(=O)O)C(=O)Nc3cc(F)c(C(C)(C)C)c(F)c3)ccc21. The van der Waals surface area contributed by atoms with Crippen molar-refractivity contribution in [2.45, 2.75) is 32.2 Å². The predicted molar refractivity (Wildman–Crippen MR) is 108 cm³/mol. The molecular formula is C21H22F2N4O3. The van der Waals surface area contributed by atoms with Crippen LogP contribution in [0.4, 0.5) is 19.3 Å². The molecule has 1 atom stereocenters. The van der Waals surface area contributed by atoms with E-state index >= 15 is 0 Å². The Morgan fingerprint density at radius 3 is 2.33 bits per heavy atom. The Kier molecular flexibility index (Phi) is 5.47. The molecule has 0 aliphatic rings. The van der Waals surface area contributed by atoms with Gasteiger partial charge in [0, 0.05) is 23.7 Å². The maximum atomic E-state index is 14.5. The van der Waals surface area contributed by atoms with Crippen molar-refractivity contribution in [2.75, 3.05) is 5.32 Å². The first-order chi connectivity index (χ1) is 14.0. The average molecular weight is 416 g/mol. The molecule has 7 nitrogen and oxygen atoms in total. The summed E-state index contributed by atoms with van der Waals surface area (Å²) in [6.07, 6.45) is 0.173. The third-order valence-corrected chi connectivity index (χ3v) is 4.69. The highest BCUT2D eigenvalue weighted by molar-refractivity contribution is 5.97. The number of nitrogens with one attached hydrogen (secondary N) is 2. The second-order valence-electron chi connectivity index (χ2n) is 8.02. The zero-order chi connectivity index (χ0) is 22.2. The summed E-state index contributed by atoms with van der Waals surface area (Å²) in [6.45, 7) is 5.02. The van der Waals surface area contributed by atoms with Gasteiger partial charge in [0.25, 0.3) is 5.91 Å². The van der Waals surface area contributed by atoms with Crippen LogP contribution in [0.1, 0.15) is 37.9 Å². The Balaban J connectivity index is 1.93. The fourth-order valence-electron chi connectivity index (χ4n) is 3.36. The van der Waals surface area contributed by atoms with Gasteiger partial charge in [0.05, 0.1) is 11.7 Å². The molecule has 3 N–H and O–H groups in total. The summed E-state index contributed by atoms with van der Waals surface area (Å²) in [5.74, 6) is -2.36. The van der Waals surface area contributed by atoms with Gasteiger partial charge < -0.3 is 15.7 Å². The van der Waals surface area contributed by atoms with E-state index in [1.807, 2.05) is 0 Å². The minimum Gasteiger partial charge on any atom is -0.465 e. The number of aryl methyl sites for hydroxylation is 1. The minimum atomic E-state index is -1.41. The number of halogens is 2. The van der Waals surface area contributed by atoms with E-state index in [1.165, 1.54) is 0 Å². The Morgan fingerprint density at radius 1 is 1.13 bits per heavy atom. The number of carbonyl (C=O) groups is 2. The highest BCUT2D eigenvalue weighted by atomic mass is 19.1. The molecular weight excluding hydrogens is 394 g/mol. The molecule has 30 heavy (non-hydrogen) atoms. The Bertz CT molecular complexity index is 1110. The Hall–Kier alpha value is -3.49. The predicted octanol–water partition coefficient (Wildman–Crippen LogP) is 4.10. The molecule has 0 saturated heterocycles. The third-order valence-electron chi connectivity index (χ3n) is 4.69. The first kappa shape index (κ1) is 21.2. The van der Waals surface area contributed by atoms with Crippen LogP contribution in [0.15, 0.2) is 36.5 Å². The first-order valence-electron chi connectivity index (χ1n) is 9.19. The van der Waals surface area contributed by atoms with Crippen LogP contribution in [0.3, 0.4) is 0 Å². The number of anilines is 1. The van der Waals surface area contributed by atoms with Gasteiger partial charge >= 0.3 is 6.09 Å². The first-order valence-corrected chi connectivity index (χ1v) is 9.19. The number of aromatic nitrogens is 2. The number of carbonyl (C=O) groups excluding carboxylic acids is 1. The number of carboxylic acid groups (broad SMARTS) is 1. The standard InChI is InChI=1S/C21H22F2N4O3/c1-21(2,3)17-14(22)8-13(9-15(17)23)25-19(28)18(26-20(29)30)11-5-6-16-12(7-11)10-24-27(16)4/h5-10,18,26H,1-4H3,(H,25,28)(H,29,30)/t18-/m1/s1. The number of rotatable bonds is 4.